The molecule has 2 N–H and O–H groups in total. The Balaban J connectivity index is 1.90. The fourth-order valence-corrected chi connectivity index (χ4v) is 2.35. The van der Waals surface area contributed by atoms with Crippen molar-refractivity contribution in [2.45, 2.75) is 24.9 Å². The molecule has 1 aliphatic heterocycles. The molecule has 0 bridgehead atoms. The largest absolute Gasteiger partial charge is 0.394 e. The van der Waals surface area contributed by atoms with E-state index in [-0.39, 0.29) is 6.61 Å². The van der Waals surface area contributed by atoms with Crippen LogP contribution in [0.4, 0.5) is 5.82 Å². The number of nitrogens with zero attached hydrogens (tertiary/aromatic N) is 6. The number of aliphatic hydroxyl groups is 2. The maximum absolute atomic E-state index is 9.97. The van der Waals surface area contributed by atoms with E-state index in [1.807, 2.05) is 14.1 Å². The summed E-state index contributed by atoms with van der Waals surface area (Å²) in [5.74, 6) is 0.513. The summed E-state index contributed by atoms with van der Waals surface area (Å²) in [7, 11) is 3.74. The average Bonchev–Trinajstić information content (AvgIpc) is 3.10. The minimum atomic E-state index is -0.710. The molecule has 3 rings (SSSR count). The normalized spacial score (nSPS) is 26.0. The van der Waals surface area contributed by atoms with E-state index in [4.69, 9.17) is 6.17 Å². The van der Waals surface area contributed by atoms with Gasteiger partial charge in [0.1, 0.15) is 12.4 Å². The summed E-state index contributed by atoms with van der Waals surface area (Å²) in [6, 6.07) is 0. The van der Waals surface area contributed by atoms with Crippen LogP contribution in [-0.2, 0) is 4.74 Å². The molecule has 0 aliphatic carbocycles. The summed E-state index contributed by atoms with van der Waals surface area (Å²) < 4.78 is 14.1. The van der Waals surface area contributed by atoms with Gasteiger partial charge in [0.25, 0.3) is 0 Å². The third-order valence-electron chi connectivity index (χ3n) is 3.42. The van der Waals surface area contributed by atoms with E-state index in [2.05, 4.69) is 25.2 Å². The minimum absolute atomic E-state index is 0.00420. The third-order valence-corrected chi connectivity index (χ3v) is 3.42. The molecule has 0 radical (unpaired) electrons. The van der Waals surface area contributed by atoms with Crippen molar-refractivity contribution in [3.05, 3.63) is 12.5 Å². The minimum Gasteiger partial charge on any atom is -0.394 e. The molecule has 3 heterocycles. The molecule has 2 aromatic heterocycles. The number of aliphatic imine (C=N–C) groups is 1. The Morgan fingerprint density at radius 3 is 3.23 bits per heavy atom. The van der Waals surface area contributed by atoms with Crippen molar-refractivity contribution in [2.24, 2.45) is 4.99 Å². The van der Waals surface area contributed by atoms with E-state index in [0.29, 0.717) is 23.3 Å². The lowest BCUT2D eigenvalue weighted by atomic mass is 10.2. The quantitative estimate of drug-likeness (QED) is 0.576. The molecule has 3 atom stereocenters. The zero-order valence-electron chi connectivity index (χ0n) is 13.3. The van der Waals surface area contributed by atoms with Gasteiger partial charge in [-0.15, -0.1) is 0 Å². The van der Waals surface area contributed by atoms with Crippen molar-refractivity contribution in [1.82, 2.24) is 24.6 Å². The van der Waals surface area contributed by atoms with E-state index >= 15 is 0 Å². The van der Waals surface area contributed by atoms with Gasteiger partial charge in [0.2, 0.25) is 1.43 Å². The van der Waals surface area contributed by atoms with Crippen LogP contribution < -0.4 is 0 Å². The molecule has 118 valence electrons. The van der Waals surface area contributed by atoms with Crippen LogP contribution in [0.3, 0.4) is 0 Å². The monoisotopic (exact) mass is 308 g/mol. The van der Waals surface area contributed by atoms with Crippen LogP contribution in [-0.4, -0.2) is 75.5 Å². The van der Waals surface area contributed by atoms with Crippen molar-refractivity contribution in [3.8, 4) is 0 Å². The lowest BCUT2D eigenvalue weighted by Gasteiger charge is -2.12. The van der Waals surface area contributed by atoms with Crippen molar-refractivity contribution < 1.29 is 15.0 Å². The maximum Gasteiger partial charge on any atom is 0.210 e. The first-order valence-electron chi connectivity index (χ1n) is 7.31. The van der Waals surface area contributed by atoms with Crippen LogP contribution in [0.25, 0.3) is 11.0 Å². The highest BCUT2D eigenvalue weighted by atomic mass is 16.5. The molecular formula is C13H18N6O3. The lowest BCUT2D eigenvalue weighted by Crippen LogP contribution is -2.24. The van der Waals surface area contributed by atoms with Gasteiger partial charge in [-0.05, 0) is 0 Å². The molecule has 0 unspecified atom stereocenters. The van der Waals surface area contributed by atoms with Crippen LogP contribution in [0.15, 0.2) is 17.5 Å². The van der Waals surface area contributed by atoms with Gasteiger partial charge in [-0.3, -0.25) is 0 Å². The van der Waals surface area contributed by atoms with E-state index in [0.717, 1.165) is 0 Å². The highest BCUT2D eigenvalue weighted by Gasteiger charge is 2.35. The van der Waals surface area contributed by atoms with E-state index in [1.165, 1.54) is 6.33 Å². The number of hydrogen-bond donors (Lipinski definition) is 2. The van der Waals surface area contributed by atoms with Crippen molar-refractivity contribution in [3.63, 3.8) is 0 Å². The number of hydrogen-bond acceptors (Lipinski definition) is 7. The van der Waals surface area contributed by atoms with Gasteiger partial charge >= 0.3 is 0 Å². The molecule has 0 aromatic carbocycles. The van der Waals surface area contributed by atoms with E-state index in [9.17, 15) is 5.11 Å². The van der Waals surface area contributed by atoms with Gasteiger partial charge in [-0.25, -0.2) is 19.6 Å². The number of fused-ring (bicyclic) bond motifs is 1. The van der Waals surface area contributed by atoms with E-state index in [1.54, 1.807) is 22.1 Å². The summed E-state index contributed by atoms with van der Waals surface area (Å²) in [6.07, 6.45) is 3.31. The van der Waals surface area contributed by atoms with Gasteiger partial charge in [-0.2, -0.15) is 5.10 Å². The van der Waals surface area contributed by atoms with Crippen LogP contribution in [0.5, 0.6) is 0 Å². The van der Waals surface area contributed by atoms with Gasteiger partial charge in [-0.1, -0.05) is 0 Å². The first-order chi connectivity index (χ1) is 11.1. The first kappa shape index (κ1) is 13.6. The summed E-state index contributed by atoms with van der Waals surface area (Å²) in [5, 5.41) is 19.3. The molecule has 9 heteroatoms. The molecule has 0 spiro atoms. The van der Waals surface area contributed by atoms with Gasteiger partial charge in [0, 0.05) is 20.5 Å². The molecule has 2 aromatic rings. The molecule has 0 amide bonds. The zero-order valence-corrected chi connectivity index (χ0v) is 12.3. The zero-order chi connectivity index (χ0) is 16.4. The second-order valence-electron chi connectivity index (χ2n) is 5.33. The second-order valence-corrected chi connectivity index (χ2v) is 5.33. The Bertz CT molecular complexity index is 706. The third kappa shape index (κ3) is 2.65. The number of ether oxygens (including phenoxy) is 1. The van der Waals surface area contributed by atoms with Gasteiger partial charge < -0.3 is 19.9 Å². The molecular weight excluding hydrogens is 288 g/mol. The molecule has 1 aliphatic rings. The number of rotatable bonds is 5. The predicted octanol–water partition coefficient (Wildman–Crippen LogP) is -0.312. The molecule has 0 saturated carbocycles. The van der Waals surface area contributed by atoms with E-state index < -0.39 is 18.4 Å². The highest BCUT2D eigenvalue weighted by molar-refractivity contribution is 5.86. The van der Waals surface area contributed by atoms with Crippen molar-refractivity contribution in [2.75, 3.05) is 20.7 Å². The van der Waals surface area contributed by atoms with Crippen LogP contribution in [0.1, 0.15) is 12.6 Å². The number of aliphatic hydroxyl groups excluding tert-OH is 2. The van der Waals surface area contributed by atoms with Gasteiger partial charge in [0.05, 0.1) is 30.6 Å². The van der Waals surface area contributed by atoms with Gasteiger partial charge in [0.15, 0.2) is 17.7 Å². The van der Waals surface area contributed by atoms with Crippen molar-refractivity contribution >= 4 is 23.2 Å². The fraction of sp³-hybridized carbons (Fsp3) is 0.538. The molecule has 22 heavy (non-hydrogen) atoms. The molecule has 1 saturated heterocycles. The first-order valence-corrected chi connectivity index (χ1v) is 6.90. The Morgan fingerprint density at radius 1 is 1.59 bits per heavy atom. The summed E-state index contributed by atoms with van der Waals surface area (Å²) in [6.45, 7) is 0.00420. The molecule has 1 fully saturated rings. The Kier molecular flexibility index (Phi) is 3.67. The lowest BCUT2D eigenvalue weighted by molar-refractivity contribution is -0.0470. The van der Waals surface area contributed by atoms with Crippen LogP contribution >= 0.6 is 0 Å². The van der Waals surface area contributed by atoms with Crippen LogP contribution in [0, 0.1) is 0 Å². The smallest absolute Gasteiger partial charge is 0.210 e. The summed E-state index contributed by atoms with van der Waals surface area (Å²) >= 11 is 0. The van der Waals surface area contributed by atoms with Crippen LogP contribution in [0.2, 0.25) is 0 Å². The Morgan fingerprint density at radius 2 is 2.45 bits per heavy atom. The second kappa shape index (κ2) is 5.95. The standard InChI is InChI=1S/C13H18N6O3/c1-18(2)7-16-12-8-4-17-19(13(8)15-6-14-12)11-3-9(21)10(5-20)22-11/h4,6-7,9-11,20-21H,3,5H2,1-2H3/b16-7+/t9-,10-,11-/m1/s1/i20T. The Labute approximate surface area is 128 Å². The Hall–Kier alpha value is -2.10. The molecule has 9 nitrogen and oxygen atoms in total. The summed E-state index contributed by atoms with van der Waals surface area (Å²) in [4.78, 5) is 14.5. The highest BCUT2D eigenvalue weighted by Crippen LogP contribution is 2.31. The topological polar surface area (TPSA) is 109 Å². The fourth-order valence-electron chi connectivity index (χ4n) is 2.35. The SMILES string of the molecule is [3H]OC[C@H]1O[C@@H](n2ncc3c(/N=C/N(C)C)ncnc32)C[C@H]1O. The predicted molar refractivity (Wildman–Crippen MR) is 78.8 cm³/mol. The maximum atomic E-state index is 9.97. The number of aromatic nitrogens is 4. The average molecular weight is 308 g/mol. The summed E-state index contributed by atoms with van der Waals surface area (Å²) in [5.41, 5.74) is 0.579. The van der Waals surface area contributed by atoms with Crippen molar-refractivity contribution in [1.29, 1.82) is 1.43 Å².